The van der Waals surface area contributed by atoms with Crippen LogP contribution in [0.15, 0.2) is 0 Å². The quantitative estimate of drug-likeness (QED) is 0.828. The zero-order chi connectivity index (χ0) is 13.9. The monoisotopic (exact) mass is 276 g/mol. The Morgan fingerprint density at radius 2 is 1.50 bits per heavy atom. The lowest BCUT2D eigenvalue weighted by Crippen LogP contribution is -2.45. The molecule has 0 heterocycles. The number of hydrogen-bond donors (Lipinski definition) is 2. The van der Waals surface area contributed by atoms with Gasteiger partial charge in [0.25, 0.3) is 0 Å². The van der Waals surface area contributed by atoms with Crippen LogP contribution in [0.5, 0.6) is 0 Å². The van der Waals surface area contributed by atoms with Crippen molar-refractivity contribution in [3.8, 4) is 0 Å². The van der Waals surface area contributed by atoms with Crippen LogP contribution in [0.25, 0.3) is 0 Å². The first-order valence-electron chi connectivity index (χ1n) is 9.16. The summed E-state index contributed by atoms with van der Waals surface area (Å²) in [5, 5.41) is 4.11. The largest absolute Gasteiger partial charge is 0.328 e. The first-order valence-corrected chi connectivity index (χ1v) is 9.16. The predicted molar refractivity (Wildman–Crippen MR) is 83.3 cm³/mol. The molecule has 6 unspecified atom stereocenters. The zero-order valence-corrected chi connectivity index (χ0v) is 13.2. The summed E-state index contributed by atoms with van der Waals surface area (Å²) in [5.41, 5.74) is 6.23. The predicted octanol–water partition coefficient (Wildman–Crippen LogP) is 3.16. The van der Waals surface area contributed by atoms with Crippen molar-refractivity contribution >= 4 is 0 Å². The maximum absolute atomic E-state index is 6.23. The van der Waals surface area contributed by atoms with Crippen molar-refractivity contribution in [2.24, 2.45) is 41.2 Å². The highest BCUT2D eigenvalue weighted by molar-refractivity contribution is 5.05. The molecule has 0 aliphatic heterocycles. The Morgan fingerprint density at radius 1 is 0.900 bits per heavy atom. The zero-order valence-electron chi connectivity index (χ0n) is 13.2. The van der Waals surface area contributed by atoms with Crippen molar-refractivity contribution in [2.45, 2.75) is 76.9 Å². The number of rotatable bonds is 4. The molecule has 0 aromatic rings. The van der Waals surface area contributed by atoms with E-state index in [0.717, 1.165) is 47.6 Å². The molecule has 0 radical (unpaired) electrons. The molecule has 2 heteroatoms. The van der Waals surface area contributed by atoms with Gasteiger partial charge in [-0.15, -0.1) is 0 Å². The van der Waals surface area contributed by atoms with Crippen molar-refractivity contribution in [1.29, 1.82) is 0 Å². The molecule has 0 spiro atoms. The summed E-state index contributed by atoms with van der Waals surface area (Å²) in [6, 6.07) is 1.93. The topological polar surface area (TPSA) is 38.0 Å². The summed E-state index contributed by atoms with van der Waals surface area (Å²) in [5.74, 6) is 5.68. The van der Waals surface area contributed by atoms with Crippen LogP contribution in [-0.2, 0) is 0 Å². The van der Waals surface area contributed by atoms with Crippen molar-refractivity contribution in [3.63, 3.8) is 0 Å². The second kappa shape index (κ2) is 4.98. The van der Waals surface area contributed by atoms with Gasteiger partial charge in [-0.05, 0) is 94.3 Å². The number of nitrogens with two attached hydrogens (primary N) is 1. The van der Waals surface area contributed by atoms with Gasteiger partial charge >= 0.3 is 0 Å². The lowest BCUT2D eigenvalue weighted by molar-refractivity contribution is 0.241. The minimum atomic E-state index is 0.396. The highest BCUT2D eigenvalue weighted by Gasteiger charge is 2.51. The molecule has 0 amide bonds. The van der Waals surface area contributed by atoms with Crippen LogP contribution in [0.1, 0.15) is 58.8 Å². The van der Waals surface area contributed by atoms with Crippen molar-refractivity contribution in [1.82, 2.24) is 5.32 Å². The standard InChI is InChI=1S/C18H32N2/c1-10(19)16-9-14-7-8-15(16)18(14)20-11(2)17-12-3-4-13(17)6-5-12/h10-18,20H,3-9,19H2,1-2H3. The Balaban J connectivity index is 1.42. The molecule has 3 N–H and O–H groups in total. The van der Waals surface area contributed by atoms with E-state index in [1.807, 2.05) is 0 Å². The van der Waals surface area contributed by atoms with E-state index in [0.29, 0.717) is 6.04 Å². The molecular formula is C18H32N2. The number of fused-ring (bicyclic) bond motifs is 4. The Morgan fingerprint density at radius 3 is 2.05 bits per heavy atom. The fourth-order valence-electron chi connectivity index (χ4n) is 6.78. The van der Waals surface area contributed by atoms with Gasteiger partial charge in [0.2, 0.25) is 0 Å². The first kappa shape index (κ1) is 13.6. The first-order chi connectivity index (χ1) is 9.65. The third-order valence-corrected chi connectivity index (χ3v) is 7.58. The third kappa shape index (κ3) is 1.98. The van der Waals surface area contributed by atoms with Gasteiger partial charge < -0.3 is 11.1 Å². The lowest BCUT2D eigenvalue weighted by atomic mass is 9.84. The maximum Gasteiger partial charge on any atom is 0.0129 e. The molecule has 20 heavy (non-hydrogen) atoms. The summed E-state index contributed by atoms with van der Waals surface area (Å²) < 4.78 is 0. The van der Waals surface area contributed by atoms with Crippen molar-refractivity contribution in [2.75, 3.05) is 0 Å². The number of hydrogen-bond acceptors (Lipinski definition) is 2. The van der Waals surface area contributed by atoms with Gasteiger partial charge in [-0.25, -0.2) is 0 Å². The Kier molecular flexibility index (Phi) is 3.38. The molecule has 0 aromatic heterocycles. The Labute approximate surface area is 124 Å². The minimum absolute atomic E-state index is 0.396. The van der Waals surface area contributed by atoms with Crippen LogP contribution in [0.2, 0.25) is 0 Å². The Hall–Kier alpha value is -0.0800. The third-order valence-electron chi connectivity index (χ3n) is 7.58. The van der Waals surface area contributed by atoms with E-state index < -0.39 is 0 Å². The van der Waals surface area contributed by atoms with E-state index in [1.54, 1.807) is 0 Å². The van der Waals surface area contributed by atoms with Crippen LogP contribution in [0.4, 0.5) is 0 Å². The smallest absolute Gasteiger partial charge is 0.0129 e. The van der Waals surface area contributed by atoms with E-state index >= 15 is 0 Å². The lowest BCUT2D eigenvalue weighted by Gasteiger charge is -2.31. The molecule has 2 nitrogen and oxygen atoms in total. The van der Waals surface area contributed by atoms with Gasteiger partial charge in [-0.3, -0.25) is 0 Å². The van der Waals surface area contributed by atoms with Gasteiger partial charge in [0, 0.05) is 18.1 Å². The van der Waals surface area contributed by atoms with E-state index in [9.17, 15) is 0 Å². The molecular weight excluding hydrogens is 244 g/mol. The van der Waals surface area contributed by atoms with E-state index in [2.05, 4.69) is 19.2 Å². The SMILES string of the molecule is CC(N)C1CC2CCC1C2NC(C)C1C2CCC1CC2. The van der Waals surface area contributed by atoms with Crippen LogP contribution < -0.4 is 11.1 Å². The molecule has 4 fully saturated rings. The van der Waals surface area contributed by atoms with Crippen molar-refractivity contribution < 1.29 is 0 Å². The molecule has 0 aromatic carbocycles. The summed E-state index contributed by atoms with van der Waals surface area (Å²) in [6.07, 6.45) is 10.3. The molecule has 4 aliphatic rings. The average Bonchev–Trinajstić information content (AvgIpc) is 3.18. The molecule has 4 aliphatic carbocycles. The van der Waals surface area contributed by atoms with E-state index in [-0.39, 0.29) is 0 Å². The maximum atomic E-state index is 6.23. The fourth-order valence-corrected chi connectivity index (χ4v) is 6.78. The van der Waals surface area contributed by atoms with E-state index in [4.69, 9.17) is 5.73 Å². The highest BCUT2D eigenvalue weighted by Crippen LogP contribution is 2.53. The van der Waals surface area contributed by atoms with Gasteiger partial charge in [0.1, 0.15) is 0 Å². The van der Waals surface area contributed by atoms with Crippen LogP contribution in [0, 0.1) is 35.5 Å². The second-order valence-electron chi connectivity index (χ2n) is 8.49. The van der Waals surface area contributed by atoms with Crippen LogP contribution in [0.3, 0.4) is 0 Å². The van der Waals surface area contributed by atoms with Gasteiger partial charge in [0.15, 0.2) is 0 Å². The number of nitrogens with one attached hydrogen (secondary N) is 1. The van der Waals surface area contributed by atoms with Crippen molar-refractivity contribution in [3.05, 3.63) is 0 Å². The summed E-state index contributed by atoms with van der Waals surface area (Å²) in [7, 11) is 0. The minimum Gasteiger partial charge on any atom is -0.328 e. The molecule has 4 bridgehead atoms. The van der Waals surface area contributed by atoms with Gasteiger partial charge in [-0.1, -0.05) is 0 Å². The molecule has 4 saturated carbocycles. The van der Waals surface area contributed by atoms with Crippen LogP contribution in [-0.4, -0.2) is 18.1 Å². The summed E-state index contributed by atoms with van der Waals surface area (Å²) >= 11 is 0. The van der Waals surface area contributed by atoms with Gasteiger partial charge in [0.05, 0.1) is 0 Å². The normalized spacial score (nSPS) is 52.6. The van der Waals surface area contributed by atoms with E-state index in [1.165, 1.54) is 44.9 Å². The fraction of sp³-hybridized carbons (Fsp3) is 1.00. The van der Waals surface area contributed by atoms with Crippen LogP contribution >= 0.6 is 0 Å². The van der Waals surface area contributed by atoms with Gasteiger partial charge in [-0.2, -0.15) is 0 Å². The molecule has 0 saturated heterocycles. The highest BCUT2D eigenvalue weighted by atomic mass is 15.0. The second-order valence-corrected chi connectivity index (χ2v) is 8.49. The summed E-state index contributed by atoms with van der Waals surface area (Å²) in [6.45, 7) is 4.71. The summed E-state index contributed by atoms with van der Waals surface area (Å²) in [4.78, 5) is 0. The average molecular weight is 276 g/mol. The molecule has 6 atom stereocenters. The molecule has 4 rings (SSSR count). The Bertz CT molecular complexity index is 346. The molecule has 114 valence electrons.